The van der Waals surface area contributed by atoms with Crippen molar-refractivity contribution in [3.8, 4) is 22.6 Å². The van der Waals surface area contributed by atoms with Crippen LogP contribution < -0.4 is 30.6 Å². The smallest absolute Gasteiger partial charge is 0.260 e. The van der Waals surface area contributed by atoms with Crippen LogP contribution in [0, 0.1) is 0 Å². The van der Waals surface area contributed by atoms with Crippen LogP contribution in [0.1, 0.15) is 5.56 Å². The van der Waals surface area contributed by atoms with E-state index in [2.05, 4.69) is 25.5 Å². The second-order valence-corrected chi connectivity index (χ2v) is 12.5. The molecule has 13 nitrogen and oxygen atoms in total. The third kappa shape index (κ3) is 8.46. The number of morpholine rings is 1. The fourth-order valence-corrected chi connectivity index (χ4v) is 5.95. The number of likely N-dealkylation sites (N-methyl/N-ethyl adjacent to an activating group) is 1. The Kier molecular flexibility index (Phi) is 11.1. The first-order valence-electron chi connectivity index (χ1n) is 16.3. The number of amides is 1. The van der Waals surface area contributed by atoms with Gasteiger partial charge in [-0.05, 0) is 56.1 Å². The molecule has 2 N–H and O–H groups in total. The second kappa shape index (κ2) is 16.0. The minimum Gasteiger partial charge on any atom is -0.497 e. The highest BCUT2D eigenvalue weighted by Crippen LogP contribution is 2.38. The Labute approximate surface area is 300 Å². The summed E-state index contributed by atoms with van der Waals surface area (Å²) >= 11 is 6.77. The Hall–Kier alpha value is -5.50. The molecule has 264 valence electrons. The van der Waals surface area contributed by atoms with Crippen LogP contribution in [0.25, 0.3) is 22.2 Å². The zero-order chi connectivity index (χ0) is 35.9. The highest BCUT2D eigenvalue weighted by molar-refractivity contribution is 6.35. The van der Waals surface area contributed by atoms with E-state index in [-0.39, 0.29) is 29.0 Å². The van der Waals surface area contributed by atoms with Crippen LogP contribution in [0.15, 0.2) is 83.9 Å². The summed E-state index contributed by atoms with van der Waals surface area (Å²) in [7, 11) is 6.88. The van der Waals surface area contributed by atoms with Crippen LogP contribution in [-0.4, -0.2) is 91.5 Å². The van der Waals surface area contributed by atoms with Crippen molar-refractivity contribution in [3.05, 3.63) is 100 Å². The summed E-state index contributed by atoms with van der Waals surface area (Å²) in [5.41, 5.74) is 3.13. The summed E-state index contributed by atoms with van der Waals surface area (Å²) in [4.78, 5) is 45.1. The van der Waals surface area contributed by atoms with E-state index >= 15 is 0 Å². The molecule has 5 aromatic rings. The number of methoxy groups -OCH3 is 2. The number of pyridine rings is 2. The number of fused-ring (bicyclic) bond motifs is 1. The van der Waals surface area contributed by atoms with Gasteiger partial charge >= 0.3 is 0 Å². The van der Waals surface area contributed by atoms with E-state index in [0.29, 0.717) is 64.9 Å². The van der Waals surface area contributed by atoms with Crippen LogP contribution in [0.3, 0.4) is 0 Å². The Morgan fingerprint density at radius 1 is 1.02 bits per heavy atom. The van der Waals surface area contributed by atoms with Gasteiger partial charge in [-0.3, -0.25) is 14.2 Å². The maximum atomic E-state index is 14.5. The van der Waals surface area contributed by atoms with Gasteiger partial charge in [0, 0.05) is 60.2 Å². The third-order valence-corrected chi connectivity index (χ3v) is 8.61. The molecule has 14 heteroatoms. The van der Waals surface area contributed by atoms with Crippen molar-refractivity contribution in [3.63, 3.8) is 0 Å². The molecule has 1 aliphatic heterocycles. The quantitative estimate of drug-likeness (QED) is 0.165. The highest BCUT2D eigenvalue weighted by Gasteiger charge is 2.20. The van der Waals surface area contributed by atoms with Gasteiger partial charge in [0.2, 0.25) is 11.9 Å². The first-order valence-corrected chi connectivity index (χ1v) is 16.7. The number of nitrogens with zero attached hydrogens (tertiary/aromatic N) is 6. The van der Waals surface area contributed by atoms with E-state index in [4.69, 9.17) is 30.8 Å². The topological polar surface area (TPSA) is 136 Å². The normalized spacial score (nSPS) is 13.2. The maximum absolute atomic E-state index is 14.5. The van der Waals surface area contributed by atoms with Crippen molar-refractivity contribution < 1.29 is 19.0 Å². The van der Waals surface area contributed by atoms with Crippen molar-refractivity contribution in [2.24, 2.45) is 0 Å². The lowest BCUT2D eigenvalue weighted by Crippen LogP contribution is -2.36. The zero-order valence-corrected chi connectivity index (χ0v) is 29.6. The molecule has 0 aliphatic carbocycles. The molecule has 4 heterocycles. The monoisotopic (exact) mass is 710 g/mol. The summed E-state index contributed by atoms with van der Waals surface area (Å²) < 4.78 is 18.0. The van der Waals surface area contributed by atoms with Gasteiger partial charge in [-0.1, -0.05) is 29.8 Å². The van der Waals surface area contributed by atoms with Gasteiger partial charge in [0.15, 0.2) is 0 Å². The van der Waals surface area contributed by atoms with Gasteiger partial charge in [0.25, 0.3) is 5.56 Å². The number of hydrogen-bond donors (Lipinski definition) is 2. The number of benzene rings is 2. The molecule has 1 saturated heterocycles. The van der Waals surface area contributed by atoms with Crippen molar-refractivity contribution in [1.82, 2.24) is 24.4 Å². The molecule has 6 rings (SSSR count). The molecular formula is C37H39ClN8O5. The summed E-state index contributed by atoms with van der Waals surface area (Å²) in [6, 6.07) is 16.2. The van der Waals surface area contributed by atoms with Crippen molar-refractivity contribution >= 4 is 51.7 Å². The molecule has 0 unspecified atom stereocenters. The van der Waals surface area contributed by atoms with E-state index in [1.54, 1.807) is 47.3 Å². The number of aromatic nitrogens is 4. The lowest BCUT2D eigenvalue weighted by Gasteiger charge is -2.28. The SMILES string of the molecule is COc1cc(OC)c(Cl)c(-c2cc3cnc(Nc4ccc(N5CCOCC5)cn4)nc3n(Cc3cccc(NC(=O)/C=C/CN(C)C)c3)c2=O)c1. The Balaban J connectivity index is 1.38. The molecule has 0 bridgehead atoms. The molecule has 1 aliphatic rings. The van der Waals surface area contributed by atoms with E-state index < -0.39 is 0 Å². The number of ether oxygens (including phenoxy) is 3. The van der Waals surface area contributed by atoms with Crippen LogP contribution in [0.4, 0.5) is 23.1 Å². The summed E-state index contributed by atoms with van der Waals surface area (Å²) in [5.74, 6) is 1.40. The summed E-state index contributed by atoms with van der Waals surface area (Å²) in [6.07, 6.45) is 6.73. The van der Waals surface area contributed by atoms with E-state index in [1.165, 1.54) is 20.3 Å². The molecule has 51 heavy (non-hydrogen) atoms. The van der Waals surface area contributed by atoms with Gasteiger partial charge in [0.1, 0.15) is 23.0 Å². The Bertz CT molecular complexity index is 2110. The van der Waals surface area contributed by atoms with Crippen LogP contribution in [0.5, 0.6) is 11.5 Å². The molecular weight excluding hydrogens is 672 g/mol. The molecule has 0 atom stereocenters. The standard InChI is InChI=1S/C37H39ClN8O5/c1-44(2)12-6-9-33(47)41-26-8-5-7-24(17-26)23-46-35-25(18-30(36(46)48)29-19-28(49-3)20-31(50-4)34(29)38)21-40-37(43-35)42-32-11-10-27(22-39-32)45-13-15-51-16-14-45/h5-11,17-22H,12-16,23H2,1-4H3,(H,41,47)(H,39,40,42,43)/b9-6+. The largest absolute Gasteiger partial charge is 0.497 e. The van der Waals surface area contributed by atoms with Crippen molar-refractivity contribution in [1.29, 1.82) is 0 Å². The number of rotatable bonds is 12. The third-order valence-electron chi connectivity index (χ3n) is 8.22. The van der Waals surface area contributed by atoms with Gasteiger partial charge < -0.3 is 34.6 Å². The maximum Gasteiger partial charge on any atom is 0.260 e. The number of carbonyl (C=O) groups excluding carboxylic acids is 1. The molecule has 1 fully saturated rings. The average molecular weight is 711 g/mol. The number of hydrogen-bond acceptors (Lipinski definition) is 11. The van der Waals surface area contributed by atoms with Crippen LogP contribution in [0.2, 0.25) is 5.02 Å². The predicted octanol–water partition coefficient (Wildman–Crippen LogP) is 5.21. The fraction of sp³-hybridized carbons (Fsp3) is 0.270. The van der Waals surface area contributed by atoms with Gasteiger partial charge in [0.05, 0.1) is 50.9 Å². The molecule has 0 saturated carbocycles. The average Bonchev–Trinajstić information content (AvgIpc) is 3.13. The lowest BCUT2D eigenvalue weighted by atomic mass is 10.0. The van der Waals surface area contributed by atoms with Crippen molar-refractivity contribution in [2.75, 3.05) is 76.7 Å². The Morgan fingerprint density at radius 2 is 1.84 bits per heavy atom. The summed E-state index contributed by atoms with van der Waals surface area (Å²) in [6.45, 7) is 3.73. The Morgan fingerprint density at radius 3 is 2.57 bits per heavy atom. The minimum absolute atomic E-state index is 0.130. The first kappa shape index (κ1) is 35.3. The second-order valence-electron chi connectivity index (χ2n) is 12.1. The minimum atomic E-state index is -0.349. The van der Waals surface area contributed by atoms with Gasteiger partial charge in [-0.25, -0.2) is 9.97 Å². The number of nitrogens with one attached hydrogen (secondary N) is 2. The molecule has 0 spiro atoms. The molecule has 3 aromatic heterocycles. The zero-order valence-electron chi connectivity index (χ0n) is 28.9. The van der Waals surface area contributed by atoms with Crippen LogP contribution in [-0.2, 0) is 16.1 Å². The first-order chi connectivity index (χ1) is 24.7. The predicted molar refractivity (Wildman–Crippen MR) is 200 cm³/mol. The molecule has 2 aromatic carbocycles. The number of halogens is 1. The van der Waals surface area contributed by atoms with Crippen LogP contribution >= 0.6 is 11.6 Å². The van der Waals surface area contributed by atoms with E-state index in [0.717, 1.165) is 24.3 Å². The highest BCUT2D eigenvalue weighted by atomic mass is 35.5. The van der Waals surface area contributed by atoms with E-state index in [1.807, 2.05) is 49.3 Å². The van der Waals surface area contributed by atoms with Gasteiger partial charge in [-0.2, -0.15) is 4.98 Å². The summed E-state index contributed by atoms with van der Waals surface area (Å²) in [5, 5.41) is 6.93. The molecule has 0 radical (unpaired) electrons. The number of anilines is 4. The fourth-order valence-electron chi connectivity index (χ4n) is 5.66. The van der Waals surface area contributed by atoms with E-state index in [9.17, 15) is 9.59 Å². The lowest BCUT2D eigenvalue weighted by molar-refractivity contribution is -0.111. The van der Waals surface area contributed by atoms with Crippen molar-refractivity contribution in [2.45, 2.75) is 6.54 Å². The number of carbonyl (C=O) groups is 1. The molecule has 1 amide bonds. The van der Waals surface area contributed by atoms with Gasteiger partial charge in [-0.15, -0.1) is 0 Å².